The van der Waals surface area contributed by atoms with Gasteiger partial charge in [0.05, 0.1) is 0 Å². The summed E-state index contributed by atoms with van der Waals surface area (Å²) in [6.45, 7) is 4.05. The van der Waals surface area contributed by atoms with Crippen molar-refractivity contribution >= 4 is 5.91 Å². The van der Waals surface area contributed by atoms with Crippen molar-refractivity contribution in [2.75, 3.05) is 19.8 Å². The molecule has 0 spiro atoms. The van der Waals surface area contributed by atoms with E-state index in [-0.39, 0.29) is 17.2 Å². The van der Waals surface area contributed by atoms with Crippen LogP contribution >= 0.6 is 0 Å². The van der Waals surface area contributed by atoms with E-state index in [1.807, 2.05) is 0 Å². The number of carbonyl (C=O) groups excluding carboxylic acids is 1. The summed E-state index contributed by atoms with van der Waals surface area (Å²) in [7, 11) is 0. The number of carbonyl (C=O) groups is 1. The van der Waals surface area contributed by atoms with Crippen molar-refractivity contribution in [3.05, 3.63) is 28.2 Å². The molecule has 0 aromatic carbocycles. The molecule has 1 aromatic rings. The number of amides is 1. The molecule has 0 unspecified atom stereocenters. The van der Waals surface area contributed by atoms with Gasteiger partial charge < -0.3 is 10.1 Å². The highest BCUT2D eigenvalue weighted by atomic mass is 16.5. The largest absolute Gasteiger partial charge is 0.381 e. The zero-order valence-electron chi connectivity index (χ0n) is 10.6. The first kappa shape index (κ1) is 14.4. The smallest absolute Gasteiger partial charge is 0.271 e. The van der Waals surface area contributed by atoms with Gasteiger partial charge in [0.1, 0.15) is 5.69 Å². The molecule has 0 saturated heterocycles. The molecule has 0 aliphatic heterocycles. The number of hydrogen-bond acceptors (Lipinski definition) is 4. The van der Waals surface area contributed by atoms with Crippen LogP contribution in [0.3, 0.4) is 0 Å². The second-order valence-corrected chi connectivity index (χ2v) is 3.88. The zero-order valence-corrected chi connectivity index (χ0v) is 10.6. The van der Waals surface area contributed by atoms with Gasteiger partial charge in [0.2, 0.25) is 0 Å². The van der Waals surface area contributed by atoms with Gasteiger partial charge in [0.25, 0.3) is 11.5 Å². The van der Waals surface area contributed by atoms with E-state index in [9.17, 15) is 9.59 Å². The third-order valence-electron chi connectivity index (χ3n) is 2.31. The molecular weight excluding hydrogens is 234 g/mol. The minimum Gasteiger partial charge on any atom is -0.381 e. The van der Waals surface area contributed by atoms with Crippen molar-refractivity contribution in [2.45, 2.75) is 26.2 Å². The summed E-state index contributed by atoms with van der Waals surface area (Å²) in [5.74, 6) is -0.292. The summed E-state index contributed by atoms with van der Waals surface area (Å²) in [5.41, 5.74) is -0.114. The normalized spacial score (nSPS) is 10.3. The Kier molecular flexibility index (Phi) is 6.71. The Bertz CT molecular complexity index is 397. The standard InChI is InChI=1S/C12H19N3O3/c1-2-3-8-18-9-4-7-13-12(17)10-5-6-11(16)15-14-10/h5-6H,2-4,7-9H2,1H3,(H,13,17)(H,15,16). The fourth-order valence-electron chi connectivity index (χ4n) is 1.29. The first-order valence-electron chi connectivity index (χ1n) is 6.15. The first-order valence-corrected chi connectivity index (χ1v) is 6.15. The van der Waals surface area contributed by atoms with Crippen LogP contribution in [-0.2, 0) is 4.74 Å². The Balaban J connectivity index is 2.14. The third-order valence-corrected chi connectivity index (χ3v) is 2.31. The molecule has 1 aromatic heterocycles. The van der Waals surface area contributed by atoms with Gasteiger partial charge in [-0.15, -0.1) is 0 Å². The monoisotopic (exact) mass is 253 g/mol. The number of ether oxygens (including phenoxy) is 1. The van der Waals surface area contributed by atoms with Crippen LogP contribution < -0.4 is 10.9 Å². The summed E-state index contributed by atoms with van der Waals surface area (Å²) in [5, 5.41) is 8.56. The third kappa shape index (κ3) is 5.58. The molecule has 0 fully saturated rings. The average molecular weight is 253 g/mol. The molecule has 6 heteroatoms. The van der Waals surface area contributed by atoms with Gasteiger partial charge in [0, 0.05) is 25.8 Å². The van der Waals surface area contributed by atoms with Crippen LogP contribution in [-0.4, -0.2) is 35.9 Å². The van der Waals surface area contributed by atoms with E-state index in [4.69, 9.17) is 4.74 Å². The second-order valence-electron chi connectivity index (χ2n) is 3.88. The van der Waals surface area contributed by atoms with Gasteiger partial charge in [-0.2, -0.15) is 5.10 Å². The minimum absolute atomic E-state index is 0.210. The van der Waals surface area contributed by atoms with E-state index < -0.39 is 0 Å². The minimum atomic E-state index is -0.323. The maximum Gasteiger partial charge on any atom is 0.271 e. The highest BCUT2D eigenvalue weighted by Crippen LogP contribution is 1.91. The van der Waals surface area contributed by atoms with Crippen LogP contribution in [0.15, 0.2) is 16.9 Å². The van der Waals surface area contributed by atoms with E-state index in [1.165, 1.54) is 12.1 Å². The Labute approximate surface area is 106 Å². The van der Waals surface area contributed by atoms with Gasteiger partial charge in [0.15, 0.2) is 0 Å². The number of nitrogens with zero attached hydrogens (tertiary/aromatic N) is 1. The molecule has 1 rings (SSSR count). The summed E-state index contributed by atoms with van der Waals surface area (Å²) < 4.78 is 5.36. The maximum atomic E-state index is 11.6. The van der Waals surface area contributed by atoms with Crippen LogP contribution in [0.5, 0.6) is 0 Å². The molecule has 0 aliphatic carbocycles. The quantitative estimate of drug-likeness (QED) is 0.668. The molecule has 2 N–H and O–H groups in total. The first-order chi connectivity index (χ1) is 8.74. The summed E-state index contributed by atoms with van der Waals surface area (Å²) in [6, 6.07) is 2.67. The Morgan fingerprint density at radius 2 is 2.17 bits per heavy atom. The van der Waals surface area contributed by atoms with Gasteiger partial charge in [-0.05, 0) is 18.9 Å². The van der Waals surface area contributed by atoms with Crippen LogP contribution in [0, 0.1) is 0 Å². The summed E-state index contributed by atoms with van der Waals surface area (Å²) in [6.07, 6.45) is 2.95. The van der Waals surface area contributed by atoms with Gasteiger partial charge in [-0.25, -0.2) is 5.10 Å². The Hall–Kier alpha value is -1.69. The van der Waals surface area contributed by atoms with Crippen molar-refractivity contribution in [3.8, 4) is 0 Å². The molecular formula is C12H19N3O3. The lowest BCUT2D eigenvalue weighted by Crippen LogP contribution is -2.27. The van der Waals surface area contributed by atoms with E-state index in [0.717, 1.165) is 25.9 Å². The predicted octanol–water partition coefficient (Wildman–Crippen LogP) is 0.707. The molecule has 6 nitrogen and oxygen atoms in total. The SMILES string of the molecule is CCCCOCCCNC(=O)c1ccc(=O)[nH]n1. The Morgan fingerprint density at radius 1 is 1.39 bits per heavy atom. The fraction of sp³-hybridized carbons (Fsp3) is 0.583. The van der Waals surface area contributed by atoms with E-state index >= 15 is 0 Å². The predicted molar refractivity (Wildman–Crippen MR) is 67.5 cm³/mol. The number of unbranched alkanes of at least 4 members (excludes halogenated alkanes) is 1. The summed E-state index contributed by atoms with van der Waals surface area (Å²) in [4.78, 5) is 22.3. The molecule has 0 radical (unpaired) electrons. The van der Waals surface area contributed by atoms with Crippen LogP contribution in [0.4, 0.5) is 0 Å². The average Bonchev–Trinajstić information content (AvgIpc) is 2.38. The number of H-pyrrole nitrogens is 1. The molecule has 1 heterocycles. The van der Waals surface area contributed by atoms with Crippen molar-refractivity contribution in [2.24, 2.45) is 0 Å². The lowest BCUT2D eigenvalue weighted by atomic mass is 10.3. The maximum absolute atomic E-state index is 11.6. The number of aromatic amines is 1. The van der Waals surface area contributed by atoms with E-state index in [2.05, 4.69) is 22.4 Å². The number of aromatic nitrogens is 2. The van der Waals surface area contributed by atoms with Crippen LogP contribution in [0.1, 0.15) is 36.7 Å². The van der Waals surface area contributed by atoms with Crippen LogP contribution in [0.25, 0.3) is 0 Å². The molecule has 18 heavy (non-hydrogen) atoms. The molecule has 100 valence electrons. The van der Waals surface area contributed by atoms with Gasteiger partial charge in [-0.1, -0.05) is 13.3 Å². The summed E-state index contributed by atoms with van der Waals surface area (Å²) >= 11 is 0. The lowest BCUT2D eigenvalue weighted by molar-refractivity contribution is 0.0934. The van der Waals surface area contributed by atoms with Crippen molar-refractivity contribution in [3.63, 3.8) is 0 Å². The zero-order chi connectivity index (χ0) is 13.2. The highest BCUT2D eigenvalue weighted by molar-refractivity contribution is 5.91. The molecule has 0 bridgehead atoms. The fourth-order valence-corrected chi connectivity index (χ4v) is 1.29. The van der Waals surface area contributed by atoms with Gasteiger partial charge >= 0.3 is 0 Å². The molecule has 1 amide bonds. The number of nitrogens with one attached hydrogen (secondary N) is 2. The highest BCUT2D eigenvalue weighted by Gasteiger charge is 2.05. The second kappa shape index (κ2) is 8.41. The topological polar surface area (TPSA) is 84.1 Å². The molecule has 0 atom stereocenters. The van der Waals surface area contributed by atoms with E-state index in [0.29, 0.717) is 13.2 Å². The number of hydrogen-bond donors (Lipinski definition) is 2. The lowest BCUT2D eigenvalue weighted by Gasteiger charge is -2.05. The van der Waals surface area contributed by atoms with Crippen LogP contribution in [0.2, 0.25) is 0 Å². The molecule has 0 saturated carbocycles. The Morgan fingerprint density at radius 3 is 2.83 bits per heavy atom. The van der Waals surface area contributed by atoms with E-state index in [1.54, 1.807) is 0 Å². The van der Waals surface area contributed by atoms with Crippen molar-refractivity contribution in [1.29, 1.82) is 0 Å². The van der Waals surface area contributed by atoms with Crippen molar-refractivity contribution < 1.29 is 9.53 Å². The van der Waals surface area contributed by atoms with Crippen molar-refractivity contribution in [1.82, 2.24) is 15.5 Å². The molecule has 0 aliphatic rings. The van der Waals surface area contributed by atoms with Gasteiger partial charge in [-0.3, -0.25) is 9.59 Å². The number of rotatable bonds is 8.